The maximum atomic E-state index is 12.3. The van der Waals surface area contributed by atoms with Crippen LogP contribution < -0.4 is 10.0 Å². The highest BCUT2D eigenvalue weighted by atomic mass is 35.5. The lowest BCUT2D eigenvalue weighted by Gasteiger charge is -2.28. The van der Waals surface area contributed by atoms with Crippen molar-refractivity contribution < 1.29 is 8.42 Å². The average Bonchev–Trinajstić information content (AvgIpc) is 2.32. The Morgan fingerprint density at radius 3 is 2.70 bits per heavy atom. The lowest BCUT2D eigenvalue weighted by Crippen LogP contribution is -2.46. The van der Waals surface area contributed by atoms with Crippen molar-refractivity contribution in [1.82, 2.24) is 10.0 Å². The summed E-state index contributed by atoms with van der Waals surface area (Å²) in [6.45, 7) is 4.74. The fourth-order valence-electron chi connectivity index (χ4n) is 2.27. The molecule has 0 spiro atoms. The Kier molecular flexibility index (Phi) is 6.28. The molecule has 114 valence electrons. The van der Waals surface area contributed by atoms with E-state index in [2.05, 4.69) is 17.0 Å². The Balaban J connectivity index is 0.00000200. The van der Waals surface area contributed by atoms with Crippen molar-refractivity contribution in [3.63, 3.8) is 0 Å². The van der Waals surface area contributed by atoms with E-state index < -0.39 is 10.0 Å². The van der Waals surface area contributed by atoms with Crippen molar-refractivity contribution in [2.75, 3.05) is 6.54 Å². The van der Waals surface area contributed by atoms with Gasteiger partial charge in [-0.05, 0) is 50.9 Å². The summed E-state index contributed by atoms with van der Waals surface area (Å²) in [5.41, 5.74) is 0.871. The topological polar surface area (TPSA) is 58.2 Å². The molecule has 0 aromatic heterocycles. The van der Waals surface area contributed by atoms with E-state index >= 15 is 0 Å². The molecular formula is C13H20Cl2N2O2S. The van der Waals surface area contributed by atoms with Crippen molar-refractivity contribution in [3.8, 4) is 0 Å². The number of piperidine rings is 1. The van der Waals surface area contributed by atoms with Crippen LogP contribution in [0.25, 0.3) is 0 Å². The monoisotopic (exact) mass is 338 g/mol. The van der Waals surface area contributed by atoms with E-state index in [-0.39, 0.29) is 23.3 Å². The standard InChI is InChI=1S/C13H19ClN2O2S.ClH/c1-9-3-4-12(8-13(9)14)19(17,18)16-11-5-6-15-10(2)7-11;/h3-4,8,10-11,15-16H,5-7H2,1-2H3;1H. The summed E-state index contributed by atoms with van der Waals surface area (Å²) in [4.78, 5) is 0.231. The van der Waals surface area contributed by atoms with Gasteiger partial charge in [0.15, 0.2) is 0 Å². The van der Waals surface area contributed by atoms with Gasteiger partial charge in [0.2, 0.25) is 10.0 Å². The number of sulfonamides is 1. The minimum absolute atomic E-state index is 0. The lowest BCUT2D eigenvalue weighted by atomic mass is 10.0. The third-order valence-corrected chi connectivity index (χ3v) is 5.32. The van der Waals surface area contributed by atoms with Gasteiger partial charge in [0.1, 0.15) is 0 Å². The summed E-state index contributed by atoms with van der Waals surface area (Å²) in [5.74, 6) is 0. The quantitative estimate of drug-likeness (QED) is 0.890. The van der Waals surface area contributed by atoms with Crippen molar-refractivity contribution in [2.24, 2.45) is 0 Å². The van der Waals surface area contributed by atoms with Gasteiger partial charge in [-0.2, -0.15) is 0 Å². The van der Waals surface area contributed by atoms with Gasteiger partial charge in [0.05, 0.1) is 4.90 Å². The molecule has 1 heterocycles. The van der Waals surface area contributed by atoms with Crippen LogP contribution in [-0.2, 0) is 10.0 Å². The first kappa shape index (κ1) is 17.7. The largest absolute Gasteiger partial charge is 0.314 e. The summed E-state index contributed by atoms with van der Waals surface area (Å²) in [7, 11) is -3.48. The predicted octanol–water partition coefficient (Wildman–Crippen LogP) is 2.49. The van der Waals surface area contributed by atoms with E-state index in [1.54, 1.807) is 12.1 Å². The first-order valence-electron chi connectivity index (χ1n) is 6.40. The fraction of sp³-hybridized carbons (Fsp3) is 0.538. The number of hydrogen-bond acceptors (Lipinski definition) is 3. The Morgan fingerprint density at radius 2 is 2.10 bits per heavy atom. The van der Waals surface area contributed by atoms with Crippen LogP contribution in [-0.4, -0.2) is 27.0 Å². The molecule has 2 N–H and O–H groups in total. The molecule has 0 aliphatic carbocycles. The summed E-state index contributed by atoms with van der Waals surface area (Å²) >= 11 is 5.98. The second-order valence-electron chi connectivity index (χ2n) is 5.11. The van der Waals surface area contributed by atoms with Crippen LogP contribution in [0.4, 0.5) is 0 Å². The van der Waals surface area contributed by atoms with Gasteiger partial charge in [0, 0.05) is 17.1 Å². The van der Waals surface area contributed by atoms with E-state index in [4.69, 9.17) is 11.6 Å². The minimum atomic E-state index is -3.48. The van der Waals surface area contributed by atoms with Crippen molar-refractivity contribution in [3.05, 3.63) is 28.8 Å². The zero-order valence-corrected chi connectivity index (χ0v) is 13.9. The smallest absolute Gasteiger partial charge is 0.240 e. The number of halogens is 2. The molecule has 7 heteroatoms. The van der Waals surface area contributed by atoms with Gasteiger partial charge < -0.3 is 5.32 Å². The molecule has 0 amide bonds. The first-order valence-corrected chi connectivity index (χ1v) is 8.26. The van der Waals surface area contributed by atoms with E-state index in [9.17, 15) is 8.42 Å². The van der Waals surface area contributed by atoms with E-state index in [1.165, 1.54) is 6.07 Å². The zero-order valence-electron chi connectivity index (χ0n) is 11.5. The SMILES string of the molecule is Cc1ccc(S(=O)(=O)NC2CCNC(C)C2)cc1Cl.Cl. The zero-order chi connectivity index (χ0) is 14.0. The molecule has 1 aromatic rings. The lowest BCUT2D eigenvalue weighted by molar-refractivity contribution is 0.361. The molecule has 2 unspecified atom stereocenters. The number of aryl methyl sites for hydroxylation is 1. The Bertz CT molecular complexity index is 563. The highest BCUT2D eigenvalue weighted by molar-refractivity contribution is 7.89. The number of rotatable bonds is 3. The van der Waals surface area contributed by atoms with Crippen molar-refractivity contribution >= 4 is 34.0 Å². The summed E-state index contributed by atoms with van der Waals surface area (Å²) in [6.07, 6.45) is 1.61. The molecule has 1 fully saturated rings. The fourth-order valence-corrected chi connectivity index (χ4v) is 3.82. The van der Waals surface area contributed by atoms with Gasteiger partial charge >= 0.3 is 0 Å². The third kappa shape index (κ3) is 4.33. The molecule has 1 saturated heterocycles. The van der Waals surface area contributed by atoms with Gasteiger partial charge in [0.25, 0.3) is 0 Å². The molecule has 0 saturated carbocycles. The molecule has 0 radical (unpaired) electrons. The molecule has 1 aliphatic heterocycles. The molecule has 1 aliphatic rings. The van der Waals surface area contributed by atoms with Crippen LogP contribution >= 0.6 is 24.0 Å². The normalized spacial score (nSPS) is 23.1. The Morgan fingerprint density at radius 1 is 1.40 bits per heavy atom. The number of hydrogen-bond donors (Lipinski definition) is 2. The maximum Gasteiger partial charge on any atom is 0.240 e. The van der Waals surface area contributed by atoms with Crippen LogP contribution in [0.15, 0.2) is 23.1 Å². The summed E-state index contributed by atoms with van der Waals surface area (Å²) < 4.78 is 27.3. The molecule has 2 rings (SSSR count). The van der Waals surface area contributed by atoms with E-state index in [0.717, 1.165) is 24.9 Å². The van der Waals surface area contributed by atoms with Crippen molar-refractivity contribution in [1.29, 1.82) is 0 Å². The Labute approximate surface area is 131 Å². The van der Waals surface area contributed by atoms with Crippen LogP contribution in [0, 0.1) is 6.92 Å². The predicted molar refractivity (Wildman–Crippen MR) is 84.2 cm³/mol. The second-order valence-corrected chi connectivity index (χ2v) is 7.23. The van der Waals surface area contributed by atoms with Crippen LogP contribution in [0.5, 0.6) is 0 Å². The maximum absolute atomic E-state index is 12.3. The van der Waals surface area contributed by atoms with Gasteiger partial charge in [-0.1, -0.05) is 17.7 Å². The van der Waals surface area contributed by atoms with Crippen LogP contribution in [0.2, 0.25) is 5.02 Å². The molecule has 2 atom stereocenters. The van der Waals surface area contributed by atoms with Gasteiger partial charge in [-0.25, -0.2) is 13.1 Å². The first-order chi connectivity index (χ1) is 8.88. The molecule has 20 heavy (non-hydrogen) atoms. The highest BCUT2D eigenvalue weighted by Gasteiger charge is 2.24. The Hall–Kier alpha value is -0.330. The average molecular weight is 339 g/mol. The molecule has 1 aromatic carbocycles. The van der Waals surface area contributed by atoms with Gasteiger partial charge in [-0.3, -0.25) is 0 Å². The molecular weight excluding hydrogens is 319 g/mol. The van der Waals surface area contributed by atoms with E-state index in [1.807, 2.05) is 6.92 Å². The molecule has 4 nitrogen and oxygen atoms in total. The van der Waals surface area contributed by atoms with Crippen molar-refractivity contribution in [2.45, 2.75) is 43.7 Å². The summed E-state index contributed by atoms with van der Waals surface area (Å²) in [6, 6.07) is 5.14. The minimum Gasteiger partial charge on any atom is -0.314 e. The highest BCUT2D eigenvalue weighted by Crippen LogP contribution is 2.21. The van der Waals surface area contributed by atoms with Crippen LogP contribution in [0.3, 0.4) is 0 Å². The van der Waals surface area contributed by atoms with E-state index in [0.29, 0.717) is 11.1 Å². The second kappa shape index (κ2) is 7.09. The van der Waals surface area contributed by atoms with Crippen LogP contribution in [0.1, 0.15) is 25.3 Å². The van der Waals surface area contributed by atoms with Gasteiger partial charge in [-0.15, -0.1) is 12.4 Å². The summed E-state index contributed by atoms with van der Waals surface area (Å²) in [5, 5.41) is 3.77. The number of benzene rings is 1. The molecule has 0 bridgehead atoms. The number of nitrogens with one attached hydrogen (secondary N) is 2. The third-order valence-electron chi connectivity index (χ3n) is 3.40.